The fraction of sp³-hybridized carbons (Fsp3) is 0.421. The lowest BCUT2D eigenvalue weighted by atomic mass is 10.0. The number of anilines is 1. The minimum atomic E-state index is -3.97. The molecule has 6 heteroatoms. The van der Waals surface area contributed by atoms with Gasteiger partial charge in [-0.05, 0) is 30.2 Å². The van der Waals surface area contributed by atoms with Crippen LogP contribution in [0.2, 0.25) is 0 Å². The maximum Gasteiger partial charge on any atom is 0.332 e. The fourth-order valence-corrected chi connectivity index (χ4v) is 1.91. The quantitative estimate of drug-likeness (QED) is 0.839. The van der Waals surface area contributed by atoms with Gasteiger partial charge in [0.1, 0.15) is 5.82 Å². The van der Waals surface area contributed by atoms with Crippen molar-refractivity contribution in [1.29, 1.82) is 5.26 Å². The third-order valence-electron chi connectivity index (χ3n) is 3.03. The van der Waals surface area contributed by atoms with Gasteiger partial charge in [0.05, 0.1) is 26.4 Å². The van der Waals surface area contributed by atoms with Gasteiger partial charge in [-0.2, -0.15) is 5.26 Å². The van der Waals surface area contributed by atoms with Crippen molar-refractivity contribution in [3.05, 3.63) is 62.2 Å². The van der Waals surface area contributed by atoms with E-state index in [4.69, 9.17) is 24.7 Å². The van der Waals surface area contributed by atoms with Crippen LogP contribution in [0.15, 0.2) is 39.8 Å². The molecule has 1 aromatic carbocycles. The molecule has 1 saturated heterocycles. The molecule has 1 aliphatic rings. The van der Waals surface area contributed by atoms with E-state index in [0.29, 0.717) is 6.92 Å². The van der Waals surface area contributed by atoms with Crippen LogP contribution >= 0.6 is 0 Å². The van der Waals surface area contributed by atoms with E-state index >= 15 is 0 Å². The summed E-state index contributed by atoms with van der Waals surface area (Å²) in [5.74, 6) is -4.86. The molecule has 0 aliphatic carbocycles. The third kappa shape index (κ3) is 3.36. The molecule has 0 bridgehead atoms. The zero-order valence-corrected chi connectivity index (χ0v) is 12.7. The Kier molecular flexibility index (Phi) is 1.56. The molecule has 3 rings (SSSR count). The van der Waals surface area contributed by atoms with Crippen molar-refractivity contribution in [1.82, 2.24) is 9.13 Å². The molecular formula is C19H22N4O2. The molecule has 0 unspecified atom stereocenters. The Bertz CT molecular complexity index is 1650. The lowest BCUT2D eigenvalue weighted by Gasteiger charge is -2.34. The molecule has 130 valence electrons. The van der Waals surface area contributed by atoms with Gasteiger partial charge in [-0.25, -0.2) is 4.79 Å². The van der Waals surface area contributed by atoms with E-state index < -0.39 is 112 Å². The molecule has 6 nitrogen and oxygen atoms in total. The van der Waals surface area contributed by atoms with Gasteiger partial charge >= 0.3 is 5.69 Å². The van der Waals surface area contributed by atoms with Gasteiger partial charge in [-0.15, -0.1) is 0 Å². The SMILES string of the molecule is [2H]c1c([2H])c([2H])c(C([2H])([2H])n2c(N3C([2H])([2H])C([2H])([2H])C([2H])([2H])[C@@]([2H])(C)C3([2H])[2H])cc(=O)n(C([2H])([2H])[2H])c2=O)c(C#N)c1[2H]. The van der Waals surface area contributed by atoms with E-state index in [1.807, 2.05) is 0 Å². The average Bonchev–Trinajstić information content (AvgIpc) is 2.81. The Morgan fingerprint density at radius 1 is 1.52 bits per heavy atom. The van der Waals surface area contributed by atoms with Crippen molar-refractivity contribution in [3.63, 3.8) is 0 Å². The van der Waals surface area contributed by atoms with Crippen molar-refractivity contribution in [3.8, 4) is 6.07 Å². The molecule has 25 heavy (non-hydrogen) atoms. The fourth-order valence-electron chi connectivity index (χ4n) is 1.91. The first-order valence-electron chi connectivity index (χ1n) is 15.7. The van der Waals surface area contributed by atoms with Crippen molar-refractivity contribution < 1.29 is 24.7 Å². The van der Waals surface area contributed by atoms with Crippen LogP contribution in [0.25, 0.3) is 0 Å². The first-order chi connectivity index (χ1) is 19.0. The smallest absolute Gasteiger partial charge is 0.332 e. The Labute approximate surface area is 171 Å². The van der Waals surface area contributed by atoms with Crippen LogP contribution in [0.1, 0.15) is 55.5 Å². The highest BCUT2D eigenvalue weighted by atomic mass is 16.2. The van der Waals surface area contributed by atoms with Crippen molar-refractivity contribution in [2.45, 2.75) is 26.2 Å². The Morgan fingerprint density at radius 2 is 2.32 bits per heavy atom. The van der Waals surface area contributed by atoms with Crippen LogP contribution in [-0.2, 0) is 13.5 Å². The van der Waals surface area contributed by atoms with E-state index in [9.17, 15) is 14.9 Å². The Hall–Kier alpha value is -2.81. The van der Waals surface area contributed by atoms with Crippen molar-refractivity contribution in [2.24, 2.45) is 12.9 Å². The van der Waals surface area contributed by atoms with E-state index in [2.05, 4.69) is 0 Å². The predicted octanol–water partition coefficient (Wildman–Crippen LogP) is 1.70. The summed E-state index contributed by atoms with van der Waals surface area (Å²) in [6.45, 7) is -14.7. The van der Waals surface area contributed by atoms with Crippen LogP contribution in [0.3, 0.4) is 0 Å². The molecule has 2 aromatic rings. The molecular weight excluding hydrogens is 316 g/mol. The van der Waals surface area contributed by atoms with Gasteiger partial charge in [-0.3, -0.25) is 13.9 Å². The minimum Gasteiger partial charge on any atom is -0.357 e. The number of hydrogen-bond acceptors (Lipinski definition) is 4. The van der Waals surface area contributed by atoms with Gasteiger partial charge in [0, 0.05) is 42.5 Å². The molecule has 1 aliphatic heterocycles. The lowest BCUT2D eigenvalue weighted by molar-refractivity contribution is 0.437. The summed E-state index contributed by atoms with van der Waals surface area (Å²) in [4.78, 5) is 26.3. The van der Waals surface area contributed by atoms with Gasteiger partial charge in [0.25, 0.3) is 5.56 Å². The molecule has 1 atom stereocenters. The van der Waals surface area contributed by atoms with Crippen LogP contribution in [0.4, 0.5) is 5.82 Å². The van der Waals surface area contributed by atoms with Gasteiger partial charge < -0.3 is 4.90 Å². The number of aromatic nitrogens is 2. The zero-order valence-electron chi connectivity index (χ0n) is 30.7. The van der Waals surface area contributed by atoms with Crippen molar-refractivity contribution >= 4 is 5.82 Å². The molecule has 0 N–H and O–H groups in total. The Morgan fingerprint density at radius 3 is 3.08 bits per heavy atom. The van der Waals surface area contributed by atoms with E-state index in [1.54, 1.807) is 0 Å². The molecule has 2 heterocycles. The second-order valence-electron chi connectivity index (χ2n) is 4.70. The maximum absolute atomic E-state index is 13.7. The highest BCUT2D eigenvalue weighted by Gasteiger charge is 2.21. The summed E-state index contributed by atoms with van der Waals surface area (Å²) < 4.78 is 147. The number of piperidine rings is 1. The number of nitrogens with zero attached hydrogens (tertiary/aromatic N) is 4. The number of hydrogen-bond donors (Lipinski definition) is 0. The zero-order chi connectivity index (χ0) is 33.8. The molecule has 1 aromatic heterocycles. The van der Waals surface area contributed by atoms with Crippen LogP contribution < -0.4 is 16.1 Å². The molecule has 0 spiro atoms. The standard InChI is InChI=1S/C19H22N4O2/c1-14-6-5-9-22(12-14)17-10-18(24)21(2)19(25)23(17)13-16-8-4-3-7-15(16)11-20/h3-4,7-8,10,14H,5-6,9,12-13H2,1-2H3/t14-/m1/s1/i2D3,3D,4D,5D2,6D2,7D,8D,9D2,12D2,13D2,14D. The molecule has 0 radical (unpaired) electrons. The first kappa shape index (κ1) is 5.60. The largest absolute Gasteiger partial charge is 0.357 e. The van der Waals surface area contributed by atoms with Gasteiger partial charge in [0.15, 0.2) is 0 Å². The first-order valence-corrected chi connectivity index (χ1v) is 6.72. The summed E-state index contributed by atoms with van der Waals surface area (Å²) >= 11 is 0. The Balaban J connectivity index is 2.72. The van der Waals surface area contributed by atoms with E-state index in [-0.39, 0.29) is 6.07 Å². The van der Waals surface area contributed by atoms with Gasteiger partial charge in [0.2, 0.25) is 0 Å². The van der Waals surface area contributed by atoms with Crippen molar-refractivity contribution in [2.75, 3.05) is 17.9 Å². The highest BCUT2D eigenvalue weighted by molar-refractivity contribution is 5.42. The molecule has 1 fully saturated rings. The number of nitriles is 1. The lowest BCUT2D eigenvalue weighted by Crippen LogP contribution is -2.44. The normalized spacial score (nSPS) is 39.9. The topological polar surface area (TPSA) is 71.0 Å². The number of rotatable bonds is 3. The summed E-state index contributed by atoms with van der Waals surface area (Å²) in [7, 11) is 0. The number of benzene rings is 1. The maximum atomic E-state index is 13.7. The summed E-state index contributed by atoms with van der Waals surface area (Å²) in [5, 5.41) is 9.68. The minimum absolute atomic E-state index is 0.0338. The monoisotopic (exact) mass is 356 g/mol. The second kappa shape index (κ2) is 6.98. The average molecular weight is 357 g/mol. The van der Waals surface area contributed by atoms with E-state index in [0.717, 1.165) is 0 Å². The highest BCUT2D eigenvalue weighted by Crippen LogP contribution is 2.22. The van der Waals surface area contributed by atoms with Crippen LogP contribution in [0.5, 0.6) is 0 Å². The van der Waals surface area contributed by atoms with Gasteiger partial charge in [-0.1, -0.05) is 25.1 Å². The van der Waals surface area contributed by atoms with Crippen LogP contribution in [0, 0.1) is 17.2 Å². The predicted molar refractivity (Wildman–Crippen MR) is 96.8 cm³/mol. The van der Waals surface area contributed by atoms with Crippen LogP contribution in [-0.4, -0.2) is 22.1 Å². The third-order valence-corrected chi connectivity index (χ3v) is 3.03. The second-order valence-corrected chi connectivity index (χ2v) is 4.70. The molecule has 0 saturated carbocycles. The summed E-state index contributed by atoms with van der Waals surface area (Å²) in [5.41, 5.74) is -6.40. The van der Waals surface area contributed by atoms with E-state index in [1.165, 1.54) is 6.07 Å². The summed E-state index contributed by atoms with van der Waals surface area (Å²) in [6, 6.07) is -3.13. The summed E-state index contributed by atoms with van der Waals surface area (Å²) in [6.07, 6.45) is -7.50. The molecule has 0 amide bonds.